The lowest BCUT2D eigenvalue weighted by molar-refractivity contribution is -0.124. The lowest BCUT2D eigenvalue weighted by Crippen LogP contribution is -2.44. The second-order valence-electron chi connectivity index (χ2n) is 4.47. The van der Waals surface area contributed by atoms with E-state index in [1.807, 2.05) is 51.1 Å². The lowest BCUT2D eigenvalue weighted by atomic mass is 10.0. The molecule has 0 aliphatic carbocycles. The summed E-state index contributed by atoms with van der Waals surface area (Å²) >= 11 is 5.58. The SMILES string of the molecule is CC(C)C(NCl)C(=O)N[C@@H](C)c1ccccc1. The van der Waals surface area contributed by atoms with E-state index in [4.69, 9.17) is 11.8 Å². The summed E-state index contributed by atoms with van der Waals surface area (Å²) in [6.45, 7) is 5.86. The van der Waals surface area contributed by atoms with Gasteiger partial charge < -0.3 is 5.32 Å². The fourth-order valence-electron chi connectivity index (χ4n) is 1.61. The standard InChI is InChI=1S/C13H19ClN2O/c1-9(2)12(16-14)13(17)15-10(3)11-7-5-4-6-8-11/h4-10,12,16H,1-3H3,(H,15,17)/t10-,12?/m0/s1. The molecule has 0 aliphatic rings. The summed E-state index contributed by atoms with van der Waals surface area (Å²) in [4.78, 5) is 14.5. The minimum absolute atomic E-state index is 0.0185. The van der Waals surface area contributed by atoms with E-state index in [1.165, 1.54) is 0 Å². The van der Waals surface area contributed by atoms with E-state index in [0.717, 1.165) is 5.56 Å². The van der Waals surface area contributed by atoms with Crippen LogP contribution in [0, 0.1) is 5.92 Å². The number of rotatable bonds is 5. The third-order valence-electron chi connectivity index (χ3n) is 2.73. The number of carbonyl (C=O) groups is 1. The minimum Gasteiger partial charge on any atom is -0.348 e. The number of hydrogen-bond donors (Lipinski definition) is 2. The maximum Gasteiger partial charge on any atom is 0.239 e. The van der Waals surface area contributed by atoms with E-state index in [2.05, 4.69) is 10.2 Å². The third-order valence-corrected chi connectivity index (χ3v) is 2.96. The normalized spacial score (nSPS) is 14.4. The van der Waals surface area contributed by atoms with E-state index in [-0.39, 0.29) is 23.9 Å². The summed E-state index contributed by atoms with van der Waals surface area (Å²) in [5.74, 6) is 0.0711. The van der Waals surface area contributed by atoms with Crippen LogP contribution in [-0.4, -0.2) is 11.9 Å². The Morgan fingerprint density at radius 3 is 2.24 bits per heavy atom. The summed E-state index contributed by atoms with van der Waals surface area (Å²) in [6.07, 6.45) is 0. The summed E-state index contributed by atoms with van der Waals surface area (Å²) < 4.78 is 0. The van der Waals surface area contributed by atoms with Gasteiger partial charge in [0.15, 0.2) is 0 Å². The zero-order valence-corrected chi connectivity index (χ0v) is 11.2. The Hall–Kier alpha value is -1.06. The van der Waals surface area contributed by atoms with Crippen molar-refractivity contribution in [1.29, 1.82) is 0 Å². The fourth-order valence-corrected chi connectivity index (χ4v) is 1.96. The molecule has 0 spiro atoms. The van der Waals surface area contributed by atoms with Crippen molar-refractivity contribution in [3.8, 4) is 0 Å². The number of hydrogen-bond acceptors (Lipinski definition) is 2. The molecule has 0 aromatic heterocycles. The molecule has 0 aliphatic heterocycles. The highest BCUT2D eigenvalue weighted by Crippen LogP contribution is 2.12. The molecule has 2 atom stereocenters. The first-order valence-corrected chi connectivity index (χ1v) is 6.15. The van der Waals surface area contributed by atoms with Crippen LogP contribution in [0.1, 0.15) is 32.4 Å². The van der Waals surface area contributed by atoms with Gasteiger partial charge in [-0.25, -0.2) is 4.84 Å². The number of amides is 1. The van der Waals surface area contributed by atoms with Gasteiger partial charge in [0.25, 0.3) is 0 Å². The van der Waals surface area contributed by atoms with Crippen LogP contribution in [-0.2, 0) is 4.79 Å². The first-order valence-electron chi connectivity index (χ1n) is 5.77. The molecule has 1 unspecified atom stereocenters. The maximum absolute atomic E-state index is 11.9. The van der Waals surface area contributed by atoms with Gasteiger partial charge in [0.1, 0.15) is 6.04 Å². The molecule has 0 heterocycles. The van der Waals surface area contributed by atoms with Crippen LogP contribution in [0.2, 0.25) is 0 Å². The van der Waals surface area contributed by atoms with E-state index in [9.17, 15) is 4.79 Å². The molecule has 2 N–H and O–H groups in total. The molecule has 0 saturated heterocycles. The summed E-state index contributed by atoms with van der Waals surface area (Å²) in [7, 11) is 0. The molecule has 1 aromatic rings. The molecule has 4 heteroatoms. The molecular weight excluding hydrogens is 236 g/mol. The number of benzene rings is 1. The van der Waals surface area contributed by atoms with Gasteiger partial charge in [-0.1, -0.05) is 44.2 Å². The topological polar surface area (TPSA) is 41.1 Å². The monoisotopic (exact) mass is 254 g/mol. The molecule has 94 valence electrons. The fraction of sp³-hybridized carbons (Fsp3) is 0.462. The zero-order valence-electron chi connectivity index (χ0n) is 10.4. The van der Waals surface area contributed by atoms with Gasteiger partial charge in [0, 0.05) is 0 Å². The highest BCUT2D eigenvalue weighted by Gasteiger charge is 2.22. The summed E-state index contributed by atoms with van der Waals surface area (Å²) in [5.41, 5.74) is 1.08. The second kappa shape index (κ2) is 6.62. The van der Waals surface area contributed by atoms with Gasteiger partial charge in [-0.2, -0.15) is 0 Å². The van der Waals surface area contributed by atoms with Crippen LogP contribution < -0.4 is 10.2 Å². The van der Waals surface area contributed by atoms with E-state index in [1.54, 1.807) is 0 Å². The number of nitrogens with one attached hydrogen (secondary N) is 2. The molecule has 1 aromatic carbocycles. The first-order chi connectivity index (χ1) is 8.06. The third kappa shape index (κ3) is 4.02. The molecule has 0 radical (unpaired) electrons. The maximum atomic E-state index is 11.9. The van der Waals surface area contributed by atoms with Gasteiger partial charge in [0.2, 0.25) is 5.91 Å². The smallest absolute Gasteiger partial charge is 0.239 e. The van der Waals surface area contributed by atoms with Crippen molar-refractivity contribution in [3.63, 3.8) is 0 Å². The Balaban J connectivity index is 2.63. The molecular formula is C13H19ClN2O. The van der Waals surface area contributed by atoms with Crippen molar-refractivity contribution in [1.82, 2.24) is 10.2 Å². The lowest BCUT2D eigenvalue weighted by Gasteiger charge is -2.21. The first kappa shape index (κ1) is 14.0. The van der Waals surface area contributed by atoms with Crippen LogP contribution in [0.5, 0.6) is 0 Å². The Morgan fingerprint density at radius 1 is 1.18 bits per heavy atom. The molecule has 1 amide bonds. The van der Waals surface area contributed by atoms with Crippen molar-refractivity contribution in [2.75, 3.05) is 0 Å². The average Bonchev–Trinajstić information content (AvgIpc) is 2.30. The van der Waals surface area contributed by atoms with E-state index in [0.29, 0.717) is 0 Å². The van der Waals surface area contributed by atoms with Gasteiger partial charge in [-0.3, -0.25) is 4.79 Å². The number of halogens is 1. The molecule has 0 bridgehead atoms. The van der Waals surface area contributed by atoms with Gasteiger partial charge >= 0.3 is 0 Å². The molecule has 0 saturated carbocycles. The molecule has 1 rings (SSSR count). The van der Waals surface area contributed by atoms with Crippen molar-refractivity contribution in [3.05, 3.63) is 35.9 Å². The van der Waals surface area contributed by atoms with E-state index >= 15 is 0 Å². The average molecular weight is 255 g/mol. The molecule has 17 heavy (non-hydrogen) atoms. The summed E-state index contributed by atoms with van der Waals surface area (Å²) in [5, 5.41) is 2.94. The van der Waals surface area contributed by atoms with Crippen molar-refractivity contribution < 1.29 is 4.79 Å². The Morgan fingerprint density at radius 2 is 1.76 bits per heavy atom. The Kier molecular flexibility index (Phi) is 5.45. The predicted molar refractivity (Wildman–Crippen MR) is 70.6 cm³/mol. The highest BCUT2D eigenvalue weighted by atomic mass is 35.5. The zero-order chi connectivity index (χ0) is 12.8. The minimum atomic E-state index is -0.372. The predicted octanol–water partition coefficient (Wildman–Crippen LogP) is 2.63. The number of carbonyl (C=O) groups excluding carboxylic acids is 1. The van der Waals surface area contributed by atoms with Crippen molar-refractivity contribution in [2.24, 2.45) is 5.92 Å². The molecule has 3 nitrogen and oxygen atoms in total. The van der Waals surface area contributed by atoms with Crippen LogP contribution in [0.25, 0.3) is 0 Å². The van der Waals surface area contributed by atoms with Crippen LogP contribution in [0.3, 0.4) is 0 Å². The van der Waals surface area contributed by atoms with Crippen LogP contribution in [0.4, 0.5) is 0 Å². The Labute approximate surface area is 108 Å². The quantitative estimate of drug-likeness (QED) is 0.794. The van der Waals surface area contributed by atoms with Gasteiger partial charge in [-0.05, 0) is 30.2 Å². The highest BCUT2D eigenvalue weighted by molar-refractivity contribution is 6.15. The Bertz CT molecular complexity index is 354. The largest absolute Gasteiger partial charge is 0.348 e. The van der Waals surface area contributed by atoms with Crippen LogP contribution in [0.15, 0.2) is 30.3 Å². The van der Waals surface area contributed by atoms with Crippen LogP contribution >= 0.6 is 11.8 Å². The van der Waals surface area contributed by atoms with Gasteiger partial charge in [0.05, 0.1) is 6.04 Å². The molecule has 0 fully saturated rings. The summed E-state index contributed by atoms with van der Waals surface area (Å²) in [6, 6.07) is 9.45. The van der Waals surface area contributed by atoms with Crippen molar-refractivity contribution in [2.45, 2.75) is 32.9 Å². The van der Waals surface area contributed by atoms with E-state index < -0.39 is 0 Å². The van der Waals surface area contributed by atoms with Gasteiger partial charge in [-0.15, -0.1) is 0 Å². The van der Waals surface area contributed by atoms with Crippen molar-refractivity contribution >= 4 is 17.7 Å². The second-order valence-corrected chi connectivity index (χ2v) is 4.69.